The Labute approximate surface area is 174 Å². The molecule has 1 amide bonds. The number of hydrogen-bond acceptors (Lipinski definition) is 5. The molecule has 0 heterocycles. The van der Waals surface area contributed by atoms with Crippen molar-refractivity contribution >= 4 is 17.6 Å². The molecule has 0 saturated carbocycles. The van der Waals surface area contributed by atoms with E-state index < -0.39 is 24.6 Å². The number of hydrogen-bond donors (Lipinski definition) is 1. The highest BCUT2D eigenvalue weighted by Crippen LogP contribution is 2.30. The highest BCUT2D eigenvalue weighted by molar-refractivity contribution is 5.98. The van der Waals surface area contributed by atoms with Crippen LogP contribution in [0, 0.1) is 0 Å². The first kappa shape index (κ1) is 23.1. The van der Waals surface area contributed by atoms with Gasteiger partial charge in [-0.15, -0.1) is 0 Å². The number of anilines is 1. The van der Waals surface area contributed by atoms with Gasteiger partial charge in [0, 0.05) is 5.69 Å². The minimum Gasteiger partial charge on any atom is -0.493 e. The molecule has 0 aliphatic rings. The van der Waals surface area contributed by atoms with Crippen LogP contribution >= 0.6 is 0 Å². The number of halogens is 2. The van der Waals surface area contributed by atoms with E-state index in [4.69, 9.17) is 9.47 Å². The molecule has 0 radical (unpaired) electrons. The first-order chi connectivity index (χ1) is 14.3. The van der Waals surface area contributed by atoms with E-state index >= 15 is 0 Å². The van der Waals surface area contributed by atoms with Crippen LogP contribution < -0.4 is 14.8 Å². The van der Waals surface area contributed by atoms with Crippen LogP contribution in [0.3, 0.4) is 0 Å². The lowest BCUT2D eigenvalue weighted by molar-refractivity contribution is -0.123. The van der Waals surface area contributed by atoms with Crippen LogP contribution in [0.5, 0.6) is 11.5 Å². The molecule has 2 atom stereocenters. The second-order valence-corrected chi connectivity index (χ2v) is 6.68. The van der Waals surface area contributed by atoms with Crippen molar-refractivity contribution in [3.63, 3.8) is 0 Å². The number of benzene rings is 2. The summed E-state index contributed by atoms with van der Waals surface area (Å²) in [7, 11) is 1.26. The highest BCUT2D eigenvalue weighted by atomic mass is 19.3. The largest absolute Gasteiger partial charge is 0.493 e. The minimum absolute atomic E-state index is 0.0353. The van der Waals surface area contributed by atoms with Crippen LogP contribution in [0.2, 0.25) is 0 Å². The molecule has 2 rings (SSSR count). The summed E-state index contributed by atoms with van der Waals surface area (Å²) in [6.07, 6.45) is -0.171. The Morgan fingerprint density at radius 1 is 1.07 bits per heavy atom. The fraction of sp³-hybridized carbons (Fsp3) is 0.364. The van der Waals surface area contributed by atoms with Gasteiger partial charge in [-0.1, -0.05) is 32.0 Å². The first-order valence-electron chi connectivity index (χ1n) is 9.50. The summed E-state index contributed by atoms with van der Waals surface area (Å²) < 4.78 is 39.4. The van der Waals surface area contributed by atoms with E-state index in [1.54, 1.807) is 6.07 Å². The third-order valence-corrected chi connectivity index (χ3v) is 4.63. The van der Waals surface area contributed by atoms with E-state index in [0.717, 1.165) is 12.0 Å². The van der Waals surface area contributed by atoms with Gasteiger partial charge in [-0.05, 0) is 49.1 Å². The maximum atomic E-state index is 12.5. The molecule has 0 fully saturated rings. The van der Waals surface area contributed by atoms with E-state index in [1.807, 2.05) is 18.2 Å². The van der Waals surface area contributed by atoms with Crippen LogP contribution in [0.25, 0.3) is 0 Å². The van der Waals surface area contributed by atoms with E-state index in [1.165, 1.54) is 32.2 Å². The molecule has 0 aliphatic carbocycles. The van der Waals surface area contributed by atoms with Gasteiger partial charge in [-0.25, -0.2) is 4.79 Å². The van der Waals surface area contributed by atoms with Crippen LogP contribution in [0.1, 0.15) is 49.0 Å². The fourth-order valence-electron chi connectivity index (χ4n) is 2.76. The number of para-hydroxylation sites is 1. The fourth-order valence-corrected chi connectivity index (χ4v) is 2.76. The molecule has 0 aliphatic heterocycles. The first-order valence-corrected chi connectivity index (χ1v) is 9.50. The number of methoxy groups -OCH3 is 1. The van der Waals surface area contributed by atoms with E-state index in [2.05, 4.69) is 23.9 Å². The quantitative estimate of drug-likeness (QED) is 0.577. The second-order valence-electron chi connectivity index (χ2n) is 6.68. The average molecular weight is 421 g/mol. The van der Waals surface area contributed by atoms with Gasteiger partial charge in [0.1, 0.15) is 0 Å². The van der Waals surface area contributed by atoms with Gasteiger partial charge in [0.2, 0.25) is 0 Å². The molecule has 6 nitrogen and oxygen atoms in total. The highest BCUT2D eigenvalue weighted by Gasteiger charge is 2.22. The summed E-state index contributed by atoms with van der Waals surface area (Å²) in [5.41, 5.74) is 1.69. The van der Waals surface area contributed by atoms with Gasteiger partial charge in [0.05, 0.1) is 12.7 Å². The average Bonchev–Trinajstić information content (AvgIpc) is 2.73. The number of rotatable bonds is 9. The number of amides is 1. The molecule has 0 unspecified atom stereocenters. The van der Waals surface area contributed by atoms with Crippen LogP contribution in [0.4, 0.5) is 14.5 Å². The summed E-state index contributed by atoms with van der Waals surface area (Å²) in [5.74, 6) is -1.29. The van der Waals surface area contributed by atoms with E-state index in [0.29, 0.717) is 5.69 Å². The number of nitrogens with one attached hydrogen (secondary N) is 1. The lowest BCUT2D eigenvalue weighted by Gasteiger charge is -2.18. The zero-order chi connectivity index (χ0) is 22.3. The Balaban J connectivity index is 2.08. The molecular formula is C22H25F2NO5. The molecule has 0 bridgehead atoms. The summed E-state index contributed by atoms with van der Waals surface area (Å²) in [4.78, 5) is 24.9. The minimum atomic E-state index is -3.03. The molecule has 2 aromatic rings. The lowest BCUT2D eigenvalue weighted by Crippen LogP contribution is -2.30. The number of carbonyl (C=O) groups is 2. The van der Waals surface area contributed by atoms with Crippen molar-refractivity contribution in [1.82, 2.24) is 0 Å². The van der Waals surface area contributed by atoms with Gasteiger partial charge < -0.3 is 19.5 Å². The van der Waals surface area contributed by atoms with Crippen LogP contribution in [0.15, 0.2) is 42.5 Å². The van der Waals surface area contributed by atoms with Gasteiger partial charge in [0.15, 0.2) is 17.6 Å². The van der Waals surface area contributed by atoms with Gasteiger partial charge in [0.25, 0.3) is 5.91 Å². The summed E-state index contributed by atoms with van der Waals surface area (Å²) in [6.45, 7) is 2.53. The Morgan fingerprint density at radius 2 is 1.77 bits per heavy atom. The molecule has 30 heavy (non-hydrogen) atoms. The standard InChI is InChI=1S/C22H25F2NO5/c1-5-13(2)16-8-6-7-9-17(16)25-20(26)14(3)29-21(27)15-10-11-18(30-22(23)24)19(12-15)28-4/h6-14,22H,5H2,1-4H3,(H,25,26)/t13-,14-/m0/s1. The topological polar surface area (TPSA) is 73.9 Å². The Morgan fingerprint density at radius 3 is 2.40 bits per heavy atom. The van der Waals surface area contributed by atoms with Crippen molar-refractivity contribution in [1.29, 1.82) is 0 Å². The SMILES string of the molecule is CC[C@H](C)c1ccccc1NC(=O)[C@H](C)OC(=O)c1ccc(OC(F)F)c(OC)c1. The summed E-state index contributed by atoms with van der Waals surface area (Å²) in [6, 6.07) is 11.1. The van der Waals surface area contributed by atoms with Crippen LogP contribution in [-0.4, -0.2) is 31.7 Å². The van der Waals surface area contributed by atoms with Crippen molar-refractivity contribution < 1.29 is 32.6 Å². The Bertz CT molecular complexity index is 888. The van der Waals surface area contributed by atoms with Crippen molar-refractivity contribution in [3.8, 4) is 11.5 Å². The Hall–Kier alpha value is -3.16. The Kier molecular flexibility index (Phi) is 8.15. The molecule has 0 saturated heterocycles. The van der Waals surface area contributed by atoms with Crippen molar-refractivity contribution in [3.05, 3.63) is 53.6 Å². The van der Waals surface area contributed by atoms with Crippen molar-refractivity contribution in [2.75, 3.05) is 12.4 Å². The lowest BCUT2D eigenvalue weighted by atomic mass is 9.97. The van der Waals surface area contributed by atoms with Gasteiger partial charge >= 0.3 is 12.6 Å². The summed E-state index contributed by atoms with van der Waals surface area (Å²) in [5, 5.41) is 2.79. The monoisotopic (exact) mass is 421 g/mol. The predicted octanol–water partition coefficient (Wildman–Crippen LogP) is 4.99. The molecule has 0 spiro atoms. The molecule has 2 aromatic carbocycles. The molecule has 162 valence electrons. The zero-order valence-corrected chi connectivity index (χ0v) is 17.3. The van der Waals surface area contributed by atoms with Crippen molar-refractivity contribution in [2.45, 2.75) is 45.8 Å². The number of alkyl halides is 2. The number of esters is 1. The summed E-state index contributed by atoms with van der Waals surface area (Å²) >= 11 is 0. The predicted molar refractivity (Wildman–Crippen MR) is 108 cm³/mol. The number of ether oxygens (including phenoxy) is 3. The second kappa shape index (κ2) is 10.6. The van der Waals surface area contributed by atoms with Crippen molar-refractivity contribution in [2.24, 2.45) is 0 Å². The maximum Gasteiger partial charge on any atom is 0.387 e. The smallest absolute Gasteiger partial charge is 0.387 e. The van der Waals surface area contributed by atoms with E-state index in [-0.39, 0.29) is 23.0 Å². The number of carbonyl (C=O) groups excluding carboxylic acids is 2. The zero-order valence-electron chi connectivity index (χ0n) is 17.3. The normalized spacial score (nSPS) is 12.8. The van der Waals surface area contributed by atoms with Crippen LogP contribution in [-0.2, 0) is 9.53 Å². The molecule has 1 N–H and O–H groups in total. The van der Waals surface area contributed by atoms with Gasteiger partial charge in [-0.2, -0.15) is 8.78 Å². The van der Waals surface area contributed by atoms with Gasteiger partial charge in [-0.3, -0.25) is 4.79 Å². The molecular weight excluding hydrogens is 396 g/mol. The third kappa shape index (κ3) is 5.92. The molecule has 8 heteroatoms. The molecule has 0 aromatic heterocycles. The third-order valence-electron chi connectivity index (χ3n) is 4.63. The maximum absolute atomic E-state index is 12.5. The van der Waals surface area contributed by atoms with E-state index in [9.17, 15) is 18.4 Å².